The van der Waals surface area contributed by atoms with Crippen molar-refractivity contribution in [3.8, 4) is 0 Å². The third kappa shape index (κ3) is 2.60. The third-order valence-corrected chi connectivity index (χ3v) is 4.41. The molecule has 0 aromatic carbocycles. The molecule has 5 nitrogen and oxygen atoms in total. The van der Waals surface area contributed by atoms with Crippen LogP contribution in [-0.4, -0.2) is 47.8 Å². The molecule has 2 aliphatic heterocycles. The van der Waals surface area contributed by atoms with Crippen LogP contribution < -0.4 is 5.73 Å². The molecule has 0 aromatic rings. The highest BCUT2D eigenvalue weighted by Gasteiger charge is 2.35. The van der Waals surface area contributed by atoms with Gasteiger partial charge >= 0.3 is 6.03 Å². The van der Waals surface area contributed by atoms with Crippen LogP contribution in [-0.2, 0) is 0 Å². The van der Waals surface area contributed by atoms with Gasteiger partial charge in [-0.3, -0.25) is 5.41 Å². The molecule has 0 atom stereocenters. The predicted molar refractivity (Wildman–Crippen MR) is 71.6 cm³/mol. The normalized spacial score (nSPS) is 23.8. The molecular formula is C13H24N4O. The summed E-state index contributed by atoms with van der Waals surface area (Å²) in [5, 5.41) is 7.62. The molecule has 0 aromatic heterocycles. The van der Waals surface area contributed by atoms with E-state index in [4.69, 9.17) is 11.1 Å². The number of urea groups is 1. The molecule has 0 aliphatic carbocycles. The van der Waals surface area contributed by atoms with Gasteiger partial charge in [0.1, 0.15) is 0 Å². The molecule has 5 heteroatoms. The summed E-state index contributed by atoms with van der Waals surface area (Å²) in [5.74, 6) is 0.257. The maximum atomic E-state index is 12.3. The average Bonchev–Trinajstić information content (AvgIpc) is 2.40. The van der Waals surface area contributed by atoms with Crippen LogP contribution in [0.5, 0.6) is 0 Å². The number of nitrogens with zero attached hydrogens (tertiary/aromatic N) is 2. The maximum absolute atomic E-state index is 12.3. The van der Waals surface area contributed by atoms with E-state index in [-0.39, 0.29) is 17.3 Å². The van der Waals surface area contributed by atoms with E-state index in [0.717, 1.165) is 51.9 Å². The quantitative estimate of drug-likeness (QED) is 0.550. The lowest BCUT2D eigenvalue weighted by Gasteiger charge is -2.41. The Morgan fingerprint density at radius 3 is 2.06 bits per heavy atom. The van der Waals surface area contributed by atoms with E-state index < -0.39 is 0 Å². The summed E-state index contributed by atoms with van der Waals surface area (Å²) in [6.45, 7) is 5.29. The number of likely N-dealkylation sites (tertiary alicyclic amines) is 2. The van der Waals surface area contributed by atoms with Crippen molar-refractivity contribution in [2.75, 3.05) is 26.2 Å². The Morgan fingerprint density at radius 2 is 1.56 bits per heavy atom. The van der Waals surface area contributed by atoms with Gasteiger partial charge in [0, 0.05) is 31.6 Å². The van der Waals surface area contributed by atoms with Gasteiger partial charge in [-0.1, -0.05) is 6.92 Å². The molecule has 2 saturated heterocycles. The number of rotatable bonds is 1. The SMILES string of the molecule is CC1(C(=N)N)CCN(C(=O)N2CCCCC2)CC1. The fraction of sp³-hybridized carbons (Fsp3) is 0.846. The van der Waals surface area contributed by atoms with Crippen LogP contribution in [0.4, 0.5) is 4.79 Å². The summed E-state index contributed by atoms with van der Waals surface area (Å²) in [7, 11) is 0. The van der Waals surface area contributed by atoms with Crippen molar-refractivity contribution < 1.29 is 4.79 Å². The van der Waals surface area contributed by atoms with Gasteiger partial charge in [-0.15, -0.1) is 0 Å². The van der Waals surface area contributed by atoms with E-state index in [9.17, 15) is 4.79 Å². The van der Waals surface area contributed by atoms with Gasteiger partial charge in [0.15, 0.2) is 0 Å². The molecule has 0 radical (unpaired) electrons. The van der Waals surface area contributed by atoms with Gasteiger partial charge in [-0.05, 0) is 32.1 Å². The number of nitrogens with one attached hydrogen (secondary N) is 1. The number of amidine groups is 1. The van der Waals surface area contributed by atoms with Crippen molar-refractivity contribution in [3.63, 3.8) is 0 Å². The van der Waals surface area contributed by atoms with Crippen LogP contribution >= 0.6 is 0 Å². The molecule has 0 bridgehead atoms. The van der Waals surface area contributed by atoms with Crippen molar-refractivity contribution >= 4 is 11.9 Å². The Labute approximate surface area is 109 Å². The lowest BCUT2D eigenvalue weighted by atomic mass is 9.79. The molecule has 0 spiro atoms. The minimum atomic E-state index is -0.210. The van der Waals surface area contributed by atoms with E-state index in [2.05, 4.69) is 0 Å². The Hall–Kier alpha value is -1.26. The molecule has 0 unspecified atom stereocenters. The van der Waals surface area contributed by atoms with Gasteiger partial charge in [-0.2, -0.15) is 0 Å². The van der Waals surface area contributed by atoms with Crippen molar-refractivity contribution in [1.29, 1.82) is 5.41 Å². The van der Waals surface area contributed by atoms with Crippen LogP contribution in [0.15, 0.2) is 0 Å². The van der Waals surface area contributed by atoms with Gasteiger partial charge in [0.2, 0.25) is 0 Å². The first-order valence-corrected chi connectivity index (χ1v) is 6.91. The van der Waals surface area contributed by atoms with Crippen LogP contribution in [0.3, 0.4) is 0 Å². The van der Waals surface area contributed by atoms with Crippen LogP contribution in [0.1, 0.15) is 39.0 Å². The first-order chi connectivity index (χ1) is 8.53. The van der Waals surface area contributed by atoms with E-state index in [1.807, 2.05) is 16.7 Å². The Kier molecular flexibility index (Phi) is 3.78. The first kappa shape index (κ1) is 13.2. The van der Waals surface area contributed by atoms with E-state index in [0.29, 0.717) is 0 Å². The number of hydrogen-bond donors (Lipinski definition) is 2. The van der Waals surface area contributed by atoms with Crippen LogP contribution in [0, 0.1) is 10.8 Å². The number of carbonyl (C=O) groups excluding carboxylic acids is 1. The lowest BCUT2D eigenvalue weighted by Crippen LogP contribution is -2.51. The second-order valence-electron chi connectivity index (χ2n) is 5.79. The molecule has 2 amide bonds. The zero-order valence-corrected chi connectivity index (χ0v) is 11.2. The number of piperidine rings is 2. The molecule has 18 heavy (non-hydrogen) atoms. The van der Waals surface area contributed by atoms with E-state index in [1.165, 1.54) is 6.42 Å². The summed E-state index contributed by atoms with van der Waals surface area (Å²) >= 11 is 0. The topological polar surface area (TPSA) is 73.4 Å². The lowest BCUT2D eigenvalue weighted by molar-refractivity contribution is 0.118. The van der Waals surface area contributed by atoms with Gasteiger partial charge in [0.05, 0.1) is 5.84 Å². The Bertz CT molecular complexity index is 328. The monoisotopic (exact) mass is 252 g/mol. The van der Waals surface area contributed by atoms with Crippen molar-refractivity contribution in [3.05, 3.63) is 0 Å². The highest BCUT2D eigenvalue weighted by atomic mass is 16.2. The second kappa shape index (κ2) is 5.16. The number of hydrogen-bond acceptors (Lipinski definition) is 2. The smallest absolute Gasteiger partial charge is 0.319 e. The predicted octanol–water partition coefficient (Wildman–Crippen LogP) is 1.63. The average molecular weight is 252 g/mol. The Morgan fingerprint density at radius 1 is 1.06 bits per heavy atom. The minimum Gasteiger partial charge on any atom is -0.387 e. The molecule has 0 saturated carbocycles. The summed E-state index contributed by atoms with van der Waals surface area (Å²) in [6, 6.07) is 0.181. The second-order valence-corrected chi connectivity index (χ2v) is 5.79. The standard InChI is InChI=1S/C13H24N4O/c1-13(11(14)15)5-9-17(10-6-13)12(18)16-7-3-2-4-8-16/h2-10H2,1H3,(H3,14,15). The fourth-order valence-electron chi connectivity index (χ4n) is 2.75. The molecule has 2 heterocycles. The van der Waals surface area contributed by atoms with E-state index >= 15 is 0 Å². The summed E-state index contributed by atoms with van der Waals surface area (Å²) in [4.78, 5) is 16.2. The highest BCUT2D eigenvalue weighted by Crippen LogP contribution is 2.31. The first-order valence-electron chi connectivity index (χ1n) is 6.91. The zero-order chi connectivity index (χ0) is 13.2. The third-order valence-electron chi connectivity index (χ3n) is 4.41. The molecule has 2 fully saturated rings. The zero-order valence-electron chi connectivity index (χ0n) is 11.2. The van der Waals surface area contributed by atoms with Gasteiger partial charge in [0.25, 0.3) is 0 Å². The number of nitrogens with two attached hydrogens (primary N) is 1. The minimum absolute atomic E-state index is 0.181. The molecule has 2 aliphatic rings. The van der Waals surface area contributed by atoms with Crippen LogP contribution in [0.25, 0.3) is 0 Å². The highest BCUT2D eigenvalue weighted by molar-refractivity contribution is 5.83. The van der Waals surface area contributed by atoms with E-state index in [1.54, 1.807) is 0 Å². The fourth-order valence-corrected chi connectivity index (χ4v) is 2.75. The molecular weight excluding hydrogens is 228 g/mol. The molecule has 3 N–H and O–H groups in total. The largest absolute Gasteiger partial charge is 0.387 e. The van der Waals surface area contributed by atoms with Crippen molar-refractivity contribution in [2.45, 2.75) is 39.0 Å². The summed E-state index contributed by atoms with van der Waals surface area (Å²) in [6.07, 6.45) is 5.12. The summed E-state index contributed by atoms with van der Waals surface area (Å²) in [5.41, 5.74) is 5.43. The maximum Gasteiger partial charge on any atom is 0.319 e. The Balaban J connectivity index is 1.89. The number of amides is 2. The van der Waals surface area contributed by atoms with Crippen molar-refractivity contribution in [1.82, 2.24) is 9.80 Å². The molecule has 102 valence electrons. The van der Waals surface area contributed by atoms with Gasteiger partial charge in [-0.25, -0.2) is 4.79 Å². The number of carbonyl (C=O) groups is 1. The summed E-state index contributed by atoms with van der Waals surface area (Å²) < 4.78 is 0. The van der Waals surface area contributed by atoms with Crippen LogP contribution in [0.2, 0.25) is 0 Å². The molecule has 2 rings (SSSR count). The van der Waals surface area contributed by atoms with Crippen molar-refractivity contribution in [2.24, 2.45) is 11.1 Å². The van der Waals surface area contributed by atoms with Gasteiger partial charge < -0.3 is 15.5 Å².